The Morgan fingerprint density at radius 3 is 2.68 bits per heavy atom. The third-order valence-electron chi connectivity index (χ3n) is 3.75. The number of likely N-dealkylation sites (tertiary alicyclic amines) is 1. The van der Waals surface area contributed by atoms with Crippen molar-refractivity contribution in [3.8, 4) is 0 Å². The first-order chi connectivity index (χ1) is 10.5. The minimum atomic E-state index is -0.681. The van der Waals surface area contributed by atoms with Crippen molar-refractivity contribution in [2.24, 2.45) is 0 Å². The summed E-state index contributed by atoms with van der Waals surface area (Å²) in [5, 5.41) is 0.198. The Hall–Kier alpha value is -2.15. The first kappa shape index (κ1) is 14.8. The van der Waals surface area contributed by atoms with Crippen molar-refractivity contribution >= 4 is 29.5 Å². The smallest absolute Gasteiger partial charge is 0.417 e. The molecular formula is C14H12ClFN2O4. The highest BCUT2D eigenvalue weighted by atomic mass is 35.5. The molecule has 6 nitrogen and oxygen atoms in total. The average Bonchev–Trinajstić information content (AvgIpc) is 2.73. The Morgan fingerprint density at radius 2 is 2.09 bits per heavy atom. The molecule has 3 rings (SSSR count). The number of benzene rings is 1. The van der Waals surface area contributed by atoms with Crippen molar-refractivity contribution in [3.63, 3.8) is 0 Å². The van der Waals surface area contributed by atoms with Gasteiger partial charge in [0, 0.05) is 23.7 Å². The highest BCUT2D eigenvalue weighted by Crippen LogP contribution is 2.23. The van der Waals surface area contributed by atoms with Crippen LogP contribution in [0, 0.1) is 5.82 Å². The maximum Gasteiger partial charge on any atom is 0.417 e. The van der Waals surface area contributed by atoms with Gasteiger partial charge in [0.2, 0.25) is 5.91 Å². The average molecular weight is 327 g/mol. The number of carbonyl (C=O) groups excluding carboxylic acids is 3. The van der Waals surface area contributed by atoms with Crippen molar-refractivity contribution in [1.82, 2.24) is 9.80 Å². The predicted molar refractivity (Wildman–Crippen MR) is 73.7 cm³/mol. The van der Waals surface area contributed by atoms with Gasteiger partial charge < -0.3 is 9.64 Å². The SMILES string of the molecule is O=C(Cc1c(F)cccc1Cl)N1CC(N2C(=O)COC2=O)C1. The molecule has 2 heterocycles. The van der Waals surface area contributed by atoms with Gasteiger partial charge in [-0.2, -0.15) is 0 Å². The van der Waals surface area contributed by atoms with E-state index >= 15 is 0 Å². The number of ether oxygens (including phenoxy) is 1. The Balaban J connectivity index is 1.60. The van der Waals surface area contributed by atoms with E-state index in [-0.39, 0.29) is 48.7 Å². The molecule has 0 spiro atoms. The van der Waals surface area contributed by atoms with E-state index in [4.69, 9.17) is 11.6 Å². The molecule has 2 aliphatic heterocycles. The van der Waals surface area contributed by atoms with Gasteiger partial charge in [0.25, 0.3) is 5.91 Å². The fourth-order valence-electron chi connectivity index (χ4n) is 2.50. The summed E-state index contributed by atoms with van der Waals surface area (Å²) in [4.78, 5) is 37.5. The molecule has 116 valence electrons. The fraction of sp³-hybridized carbons (Fsp3) is 0.357. The van der Waals surface area contributed by atoms with E-state index in [1.54, 1.807) is 0 Å². The van der Waals surface area contributed by atoms with Crippen LogP contribution >= 0.6 is 11.6 Å². The molecule has 0 aromatic heterocycles. The number of amides is 3. The third-order valence-corrected chi connectivity index (χ3v) is 4.11. The van der Waals surface area contributed by atoms with Crippen LogP contribution in [0.4, 0.5) is 9.18 Å². The Morgan fingerprint density at radius 1 is 1.36 bits per heavy atom. The van der Waals surface area contributed by atoms with Crippen LogP contribution in [0.5, 0.6) is 0 Å². The van der Waals surface area contributed by atoms with Crippen LogP contribution in [-0.2, 0) is 20.7 Å². The van der Waals surface area contributed by atoms with E-state index in [9.17, 15) is 18.8 Å². The second kappa shape index (κ2) is 5.57. The third kappa shape index (κ3) is 2.52. The van der Waals surface area contributed by atoms with Crippen LogP contribution < -0.4 is 0 Å². The van der Waals surface area contributed by atoms with E-state index in [1.165, 1.54) is 23.1 Å². The zero-order valence-electron chi connectivity index (χ0n) is 11.4. The number of carbonyl (C=O) groups is 3. The quantitative estimate of drug-likeness (QED) is 0.837. The topological polar surface area (TPSA) is 66.9 Å². The number of nitrogens with zero attached hydrogens (tertiary/aromatic N) is 2. The van der Waals surface area contributed by atoms with Crippen molar-refractivity contribution in [3.05, 3.63) is 34.6 Å². The number of hydrogen-bond acceptors (Lipinski definition) is 4. The van der Waals surface area contributed by atoms with Gasteiger partial charge in [0.1, 0.15) is 5.82 Å². The van der Waals surface area contributed by atoms with E-state index < -0.39 is 17.8 Å². The lowest BCUT2D eigenvalue weighted by Crippen LogP contribution is -2.62. The van der Waals surface area contributed by atoms with Crippen molar-refractivity contribution in [1.29, 1.82) is 0 Å². The molecule has 8 heteroatoms. The number of halogens is 2. The van der Waals surface area contributed by atoms with Gasteiger partial charge in [-0.05, 0) is 12.1 Å². The summed E-state index contributed by atoms with van der Waals surface area (Å²) in [6.07, 6.45) is -0.837. The number of rotatable bonds is 3. The van der Waals surface area contributed by atoms with Crippen LogP contribution in [-0.4, -0.2) is 53.4 Å². The van der Waals surface area contributed by atoms with Crippen LogP contribution in [0.1, 0.15) is 5.56 Å². The summed E-state index contributed by atoms with van der Waals surface area (Å²) in [5.41, 5.74) is 0.147. The predicted octanol–water partition coefficient (Wildman–Crippen LogP) is 1.21. The number of cyclic esters (lactones) is 1. The molecule has 3 amide bonds. The van der Waals surface area contributed by atoms with E-state index in [0.29, 0.717) is 0 Å². The van der Waals surface area contributed by atoms with Crippen molar-refractivity contribution in [2.45, 2.75) is 12.5 Å². The van der Waals surface area contributed by atoms with Gasteiger partial charge in [-0.25, -0.2) is 14.1 Å². The number of imide groups is 1. The summed E-state index contributed by atoms with van der Waals surface area (Å²) in [7, 11) is 0. The van der Waals surface area contributed by atoms with Crippen molar-refractivity contribution in [2.75, 3.05) is 19.7 Å². The second-order valence-corrected chi connectivity index (χ2v) is 5.56. The van der Waals surface area contributed by atoms with Crippen LogP contribution in [0.3, 0.4) is 0 Å². The van der Waals surface area contributed by atoms with Gasteiger partial charge in [0.15, 0.2) is 6.61 Å². The first-order valence-corrected chi connectivity index (χ1v) is 7.04. The Bertz CT molecular complexity index is 624. The van der Waals surface area contributed by atoms with Gasteiger partial charge in [-0.15, -0.1) is 0 Å². The lowest BCUT2D eigenvalue weighted by atomic mass is 10.0. The highest BCUT2D eigenvalue weighted by Gasteiger charge is 2.44. The lowest BCUT2D eigenvalue weighted by Gasteiger charge is -2.42. The molecule has 0 bridgehead atoms. The van der Waals surface area contributed by atoms with Crippen LogP contribution in [0.15, 0.2) is 18.2 Å². The minimum Gasteiger partial charge on any atom is -0.439 e. The minimum absolute atomic E-state index is 0.147. The summed E-state index contributed by atoms with van der Waals surface area (Å²) < 4.78 is 18.3. The van der Waals surface area contributed by atoms with Crippen LogP contribution in [0.2, 0.25) is 5.02 Å². The second-order valence-electron chi connectivity index (χ2n) is 5.15. The molecule has 22 heavy (non-hydrogen) atoms. The molecule has 2 aliphatic rings. The molecule has 0 atom stereocenters. The lowest BCUT2D eigenvalue weighted by molar-refractivity contribution is -0.141. The molecule has 1 aromatic rings. The zero-order valence-corrected chi connectivity index (χ0v) is 12.2. The molecule has 0 N–H and O–H groups in total. The monoisotopic (exact) mass is 326 g/mol. The molecule has 0 saturated carbocycles. The van der Waals surface area contributed by atoms with E-state index in [1.807, 2.05) is 0 Å². The highest BCUT2D eigenvalue weighted by molar-refractivity contribution is 6.31. The van der Waals surface area contributed by atoms with Gasteiger partial charge in [0.05, 0.1) is 12.5 Å². The van der Waals surface area contributed by atoms with Crippen molar-refractivity contribution < 1.29 is 23.5 Å². The maximum absolute atomic E-state index is 13.7. The van der Waals surface area contributed by atoms with Gasteiger partial charge in [-0.3, -0.25) is 9.59 Å². The summed E-state index contributed by atoms with van der Waals surface area (Å²) >= 11 is 5.89. The Labute approximate surface area is 130 Å². The molecular weight excluding hydrogens is 315 g/mol. The molecule has 0 radical (unpaired) electrons. The summed E-state index contributed by atoms with van der Waals surface area (Å²) in [5.74, 6) is -1.24. The molecule has 0 unspecified atom stereocenters. The molecule has 1 aromatic carbocycles. The first-order valence-electron chi connectivity index (χ1n) is 6.67. The molecule has 2 saturated heterocycles. The number of hydrogen-bond donors (Lipinski definition) is 0. The van der Waals surface area contributed by atoms with E-state index in [0.717, 1.165) is 4.90 Å². The largest absolute Gasteiger partial charge is 0.439 e. The van der Waals surface area contributed by atoms with E-state index in [2.05, 4.69) is 4.74 Å². The van der Waals surface area contributed by atoms with Crippen LogP contribution in [0.25, 0.3) is 0 Å². The molecule has 2 fully saturated rings. The fourth-order valence-corrected chi connectivity index (χ4v) is 2.73. The molecule has 0 aliphatic carbocycles. The summed E-state index contributed by atoms with van der Waals surface area (Å²) in [6, 6.07) is 3.86. The van der Waals surface area contributed by atoms with Gasteiger partial charge >= 0.3 is 6.09 Å². The Kier molecular flexibility index (Phi) is 3.74. The summed E-state index contributed by atoms with van der Waals surface area (Å²) in [6.45, 7) is 0.200. The zero-order chi connectivity index (χ0) is 15.9. The standard InChI is InChI=1S/C14H12ClFN2O4/c15-10-2-1-3-11(16)9(10)4-12(19)17-5-8(6-17)18-13(20)7-22-14(18)21/h1-3,8H,4-7H2. The normalized spacial score (nSPS) is 18.5. The maximum atomic E-state index is 13.7. The van der Waals surface area contributed by atoms with Gasteiger partial charge in [-0.1, -0.05) is 17.7 Å².